The van der Waals surface area contributed by atoms with E-state index in [1.807, 2.05) is 6.07 Å². The zero-order valence-electron chi connectivity index (χ0n) is 15.9. The van der Waals surface area contributed by atoms with Crippen LogP contribution in [0.25, 0.3) is 5.69 Å². The maximum atomic E-state index is 14.0. The van der Waals surface area contributed by atoms with E-state index in [0.717, 1.165) is 15.3 Å². The SMILES string of the molecule is COc1nn(-c2ccc(F)c(NC(C)=O)c2)c(=O)n(Cc2ccc(C#N)nc2)c1=O. The van der Waals surface area contributed by atoms with E-state index < -0.39 is 23.0 Å². The van der Waals surface area contributed by atoms with Gasteiger partial charge in [0.2, 0.25) is 5.91 Å². The molecule has 0 bridgehead atoms. The summed E-state index contributed by atoms with van der Waals surface area (Å²) in [5, 5.41) is 15.0. The average Bonchev–Trinajstić information content (AvgIpc) is 2.73. The number of carbonyl (C=O) groups excluding carboxylic acids is 1. The number of nitrogens with one attached hydrogen (secondary N) is 1. The second-order valence-electron chi connectivity index (χ2n) is 6.10. The van der Waals surface area contributed by atoms with Crippen LogP contribution in [0.5, 0.6) is 5.88 Å². The molecule has 0 atom stereocenters. The van der Waals surface area contributed by atoms with Crippen molar-refractivity contribution in [3.63, 3.8) is 0 Å². The highest BCUT2D eigenvalue weighted by Crippen LogP contribution is 2.18. The molecule has 0 unspecified atom stereocenters. The first-order chi connectivity index (χ1) is 14.3. The second kappa shape index (κ2) is 8.36. The zero-order chi connectivity index (χ0) is 21.8. The fourth-order valence-electron chi connectivity index (χ4n) is 2.63. The number of methoxy groups -OCH3 is 1. The van der Waals surface area contributed by atoms with E-state index in [0.29, 0.717) is 5.56 Å². The summed E-state index contributed by atoms with van der Waals surface area (Å²) in [6, 6.07) is 8.43. The monoisotopic (exact) mass is 410 g/mol. The molecular formula is C19H15FN6O4. The molecule has 0 aliphatic carbocycles. The van der Waals surface area contributed by atoms with Crippen LogP contribution in [0.15, 0.2) is 46.1 Å². The van der Waals surface area contributed by atoms with Gasteiger partial charge in [0.05, 0.1) is 25.0 Å². The van der Waals surface area contributed by atoms with Crippen LogP contribution in [-0.4, -0.2) is 32.3 Å². The number of hydrogen-bond acceptors (Lipinski definition) is 7. The molecule has 152 valence electrons. The van der Waals surface area contributed by atoms with Crippen LogP contribution in [0, 0.1) is 17.1 Å². The molecule has 0 saturated carbocycles. The van der Waals surface area contributed by atoms with Gasteiger partial charge in [-0.2, -0.15) is 9.94 Å². The van der Waals surface area contributed by atoms with E-state index in [4.69, 9.17) is 10.00 Å². The van der Waals surface area contributed by atoms with E-state index in [9.17, 15) is 18.8 Å². The molecule has 2 heterocycles. The number of ether oxygens (including phenoxy) is 1. The molecule has 3 rings (SSSR count). The number of benzene rings is 1. The van der Waals surface area contributed by atoms with Gasteiger partial charge in [0, 0.05) is 13.1 Å². The third-order valence-corrected chi connectivity index (χ3v) is 4.01. The Morgan fingerprint density at radius 3 is 2.67 bits per heavy atom. The summed E-state index contributed by atoms with van der Waals surface area (Å²) in [7, 11) is 1.22. The summed E-state index contributed by atoms with van der Waals surface area (Å²) in [6.45, 7) is 1.06. The summed E-state index contributed by atoms with van der Waals surface area (Å²) in [5.41, 5.74) is -0.951. The molecule has 0 aliphatic rings. The van der Waals surface area contributed by atoms with Crippen LogP contribution < -0.4 is 21.3 Å². The zero-order valence-corrected chi connectivity index (χ0v) is 15.9. The van der Waals surface area contributed by atoms with Gasteiger partial charge < -0.3 is 10.1 Å². The number of amides is 1. The molecule has 2 aromatic heterocycles. The average molecular weight is 410 g/mol. The lowest BCUT2D eigenvalue weighted by molar-refractivity contribution is -0.114. The quantitative estimate of drug-likeness (QED) is 0.658. The number of rotatable bonds is 5. The van der Waals surface area contributed by atoms with Crippen molar-refractivity contribution in [3.05, 3.63) is 74.4 Å². The fraction of sp³-hybridized carbons (Fsp3) is 0.158. The predicted octanol–water partition coefficient (Wildman–Crippen LogP) is 0.815. The van der Waals surface area contributed by atoms with Crippen molar-refractivity contribution in [2.24, 2.45) is 0 Å². The van der Waals surface area contributed by atoms with Crippen LogP contribution in [0.4, 0.5) is 10.1 Å². The Bertz CT molecular complexity index is 1270. The maximum absolute atomic E-state index is 14.0. The van der Waals surface area contributed by atoms with Crippen LogP contribution in [0.1, 0.15) is 18.2 Å². The van der Waals surface area contributed by atoms with Crippen molar-refractivity contribution in [2.45, 2.75) is 13.5 Å². The largest absolute Gasteiger partial charge is 0.476 e. The number of hydrogen-bond donors (Lipinski definition) is 1. The molecule has 0 fully saturated rings. The summed E-state index contributed by atoms with van der Waals surface area (Å²) in [6.07, 6.45) is 1.37. The minimum Gasteiger partial charge on any atom is -0.476 e. The fourth-order valence-corrected chi connectivity index (χ4v) is 2.63. The maximum Gasteiger partial charge on any atom is 0.352 e. The number of pyridine rings is 1. The van der Waals surface area contributed by atoms with Crippen LogP contribution in [0.3, 0.4) is 0 Å². The minimum absolute atomic E-state index is 0.107. The smallest absolute Gasteiger partial charge is 0.352 e. The Morgan fingerprint density at radius 1 is 1.30 bits per heavy atom. The van der Waals surface area contributed by atoms with Crippen molar-refractivity contribution >= 4 is 11.6 Å². The first-order valence-corrected chi connectivity index (χ1v) is 8.54. The molecule has 1 N–H and O–H groups in total. The van der Waals surface area contributed by atoms with Crippen LogP contribution in [0.2, 0.25) is 0 Å². The number of carbonyl (C=O) groups is 1. The normalized spacial score (nSPS) is 10.3. The molecule has 0 aliphatic heterocycles. The number of halogens is 1. The number of aromatic nitrogens is 4. The second-order valence-corrected chi connectivity index (χ2v) is 6.10. The van der Waals surface area contributed by atoms with E-state index >= 15 is 0 Å². The third kappa shape index (κ3) is 4.07. The first kappa shape index (κ1) is 20.4. The lowest BCUT2D eigenvalue weighted by Gasteiger charge is -2.12. The van der Waals surface area contributed by atoms with Crippen molar-refractivity contribution < 1.29 is 13.9 Å². The summed E-state index contributed by atoms with van der Waals surface area (Å²) < 4.78 is 20.7. The highest BCUT2D eigenvalue weighted by molar-refractivity contribution is 5.89. The van der Waals surface area contributed by atoms with Crippen molar-refractivity contribution in [2.75, 3.05) is 12.4 Å². The molecule has 1 amide bonds. The Morgan fingerprint density at radius 2 is 2.07 bits per heavy atom. The highest BCUT2D eigenvalue weighted by Gasteiger charge is 2.17. The van der Waals surface area contributed by atoms with E-state index in [2.05, 4.69) is 15.4 Å². The molecule has 0 saturated heterocycles. The third-order valence-electron chi connectivity index (χ3n) is 4.01. The summed E-state index contributed by atoms with van der Waals surface area (Å²) in [4.78, 5) is 40.7. The van der Waals surface area contributed by atoms with Gasteiger partial charge in [-0.05, 0) is 29.8 Å². The molecular weight excluding hydrogens is 395 g/mol. The van der Waals surface area contributed by atoms with E-state index in [1.165, 1.54) is 38.4 Å². The Kier molecular flexibility index (Phi) is 5.68. The van der Waals surface area contributed by atoms with Gasteiger partial charge in [-0.25, -0.2) is 18.7 Å². The Hall–Kier alpha value is -4.33. The summed E-state index contributed by atoms with van der Waals surface area (Å²) in [5.74, 6) is -1.56. The molecule has 0 radical (unpaired) electrons. The van der Waals surface area contributed by atoms with E-state index in [1.54, 1.807) is 6.07 Å². The summed E-state index contributed by atoms with van der Waals surface area (Å²) >= 11 is 0. The number of nitriles is 1. The van der Waals surface area contributed by atoms with Gasteiger partial charge in [-0.3, -0.25) is 9.59 Å². The predicted molar refractivity (Wildman–Crippen MR) is 103 cm³/mol. The lowest BCUT2D eigenvalue weighted by atomic mass is 10.2. The molecule has 11 heteroatoms. The Labute approximate surface area is 168 Å². The Balaban J connectivity index is 2.14. The van der Waals surface area contributed by atoms with E-state index in [-0.39, 0.29) is 29.5 Å². The van der Waals surface area contributed by atoms with Crippen molar-refractivity contribution in [1.82, 2.24) is 19.3 Å². The highest BCUT2D eigenvalue weighted by atomic mass is 19.1. The standard InChI is InChI=1S/C19H15FN6O4/c1-11(27)23-16-7-14(5-6-15(16)20)26-19(29)25(18(28)17(24-26)30-2)10-12-3-4-13(8-21)22-9-12/h3-7,9H,10H2,1-2H3,(H,23,27). The molecule has 1 aromatic carbocycles. The first-order valence-electron chi connectivity index (χ1n) is 8.54. The molecule has 0 spiro atoms. The van der Waals surface area contributed by atoms with Crippen LogP contribution >= 0.6 is 0 Å². The van der Waals surface area contributed by atoms with Gasteiger partial charge >= 0.3 is 11.2 Å². The van der Waals surface area contributed by atoms with Gasteiger partial charge in [0.15, 0.2) is 0 Å². The molecule has 30 heavy (non-hydrogen) atoms. The van der Waals surface area contributed by atoms with Crippen LogP contribution in [-0.2, 0) is 11.3 Å². The van der Waals surface area contributed by atoms with Gasteiger partial charge in [-0.1, -0.05) is 6.07 Å². The van der Waals surface area contributed by atoms with Gasteiger partial charge in [0.25, 0.3) is 5.88 Å². The minimum atomic E-state index is -0.814. The van der Waals surface area contributed by atoms with Gasteiger partial charge in [-0.15, -0.1) is 5.10 Å². The number of anilines is 1. The molecule has 10 nitrogen and oxygen atoms in total. The lowest BCUT2D eigenvalue weighted by Crippen LogP contribution is -2.41. The number of nitrogens with zero attached hydrogens (tertiary/aromatic N) is 5. The molecule has 3 aromatic rings. The van der Waals surface area contributed by atoms with Crippen molar-refractivity contribution in [1.29, 1.82) is 5.26 Å². The van der Waals surface area contributed by atoms with Gasteiger partial charge in [0.1, 0.15) is 17.6 Å². The topological polar surface area (TPSA) is 132 Å². The van der Waals surface area contributed by atoms with Crippen molar-refractivity contribution in [3.8, 4) is 17.6 Å².